The van der Waals surface area contributed by atoms with Crippen molar-refractivity contribution < 1.29 is 9.32 Å². The van der Waals surface area contributed by atoms with Gasteiger partial charge in [-0.15, -0.1) is 0 Å². The van der Waals surface area contributed by atoms with Crippen LogP contribution in [0, 0.1) is 0 Å². The van der Waals surface area contributed by atoms with Crippen molar-refractivity contribution in [3.8, 4) is 22.8 Å². The summed E-state index contributed by atoms with van der Waals surface area (Å²) in [6.45, 7) is 1.16. The first-order valence-corrected chi connectivity index (χ1v) is 11.4. The van der Waals surface area contributed by atoms with E-state index in [-0.39, 0.29) is 23.9 Å². The lowest BCUT2D eigenvalue weighted by Crippen LogP contribution is -2.39. The van der Waals surface area contributed by atoms with Gasteiger partial charge < -0.3 is 9.42 Å². The summed E-state index contributed by atoms with van der Waals surface area (Å²) in [5.74, 6) is 0.543. The highest BCUT2D eigenvalue weighted by molar-refractivity contribution is 5.93. The Balaban J connectivity index is 1.34. The molecule has 0 fully saturated rings. The quantitative estimate of drug-likeness (QED) is 0.403. The van der Waals surface area contributed by atoms with E-state index in [1.807, 2.05) is 47.4 Å². The van der Waals surface area contributed by atoms with Crippen molar-refractivity contribution in [3.05, 3.63) is 101 Å². The fourth-order valence-corrected chi connectivity index (χ4v) is 4.56. The number of pyridine rings is 2. The Morgan fingerprint density at radius 1 is 1.00 bits per heavy atom. The van der Waals surface area contributed by atoms with Gasteiger partial charge in [-0.05, 0) is 35.7 Å². The molecule has 0 saturated heterocycles. The molecule has 0 spiro atoms. The number of amides is 1. The summed E-state index contributed by atoms with van der Waals surface area (Å²) in [5.41, 5.74) is 4.01. The smallest absolute Gasteiger partial charge is 0.259 e. The van der Waals surface area contributed by atoms with E-state index in [0.29, 0.717) is 35.6 Å². The molecule has 4 heterocycles. The topological polar surface area (TPSA) is 94.1 Å². The van der Waals surface area contributed by atoms with Crippen LogP contribution >= 0.6 is 0 Å². The summed E-state index contributed by atoms with van der Waals surface area (Å²) in [6.07, 6.45) is 4.13. The van der Waals surface area contributed by atoms with Gasteiger partial charge in [0.05, 0.1) is 11.1 Å². The molecule has 8 heteroatoms. The standard InChI is InChI=1S/C27H21N5O3/c33-24-14-22(27-29-26(30-35-27)19-8-5-12-28-15-19)21-9-3-4-10-23(21)32(24)17-25(34)31-13-11-18-6-1-2-7-20(18)16-31/h1-10,12,14-15H,11,13,16-17H2. The van der Waals surface area contributed by atoms with Crippen molar-refractivity contribution in [1.82, 2.24) is 24.6 Å². The maximum Gasteiger partial charge on any atom is 0.259 e. The first-order valence-electron chi connectivity index (χ1n) is 11.4. The lowest BCUT2D eigenvalue weighted by molar-refractivity contribution is -0.132. The molecule has 172 valence electrons. The normalized spacial score (nSPS) is 13.1. The third-order valence-electron chi connectivity index (χ3n) is 6.37. The molecule has 2 aromatic carbocycles. The maximum atomic E-state index is 13.2. The molecule has 0 bridgehead atoms. The van der Waals surface area contributed by atoms with Gasteiger partial charge in [-0.2, -0.15) is 4.98 Å². The highest BCUT2D eigenvalue weighted by Crippen LogP contribution is 2.28. The first-order chi connectivity index (χ1) is 17.2. The molecule has 1 aliphatic rings. The van der Waals surface area contributed by atoms with Crippen LogP contribution in [0.5, 0.6) is 0 Å². The number of hydrogen-bond acceptors (Lipinski definition) is 6. The van der Waals surface area contributed by atoms with E-state index >= 15 is 0 Å². The highest BCUT2D eigenvalue weighted by atomic mass is 16.5. The summed E-state index contributed by atoms with van der Waals surface area (Å²) in [7, 11) is 0. The second kappa shape index (κ2) is 8.64. The zero-order valence-corrected chi connectivity index (χ0v) is 18.8. The van der Waals surface area contributed by atoms with Crippen molar-refractivity contribution in [2.45, 2.75) is 19.5 Å². The number of nitrogens with zero attached hydrogens (tertiary/aromatic N) is 5. The van der Waals surface area contributed by atoms with Gasteiger partial charge in [0.15, 0.2) is 0 Å². The number of rotatable bonds is 4. The maximum absolute atomic E-state index is 13.2. The molecule has 1 amide bonds. The summed E-state index contributed by atoms with van der Waals surface area (Å²) in [6, 6.07) is 20.7. The van der Waals surface area contributed by atoms with Gasteiger partial charge in [-0.3, -0.25) is 19.1 Å². The molecule has 3 aromatic heterocycles. The fourth-order valence-electron chi connectivity index (χ4n) is 4.56. The Morgan fingerprint density at radius 3 is 2.69 bits per heavy atom. The SMILES string of the molecule is O=C(Cn1c(=O)cc(-c2nc(-c3cccnc3)no2)c2ccccc21)N1CCc2ccccc2C1. The average Bonchev–Trinajstić information content (AvgIpc) is 3.40. The van der Waals surface area contributed by atoms with E-state index in [0.717, 1.165) is 17.4 Å². The fraction of sp³-hybridized carbons (Fsp3) is 0.148. The van der Waals surface area contributed by atoms with Crippen LogP contribution in [0.4, 0.5) is 0 Å². The molecule has 0 N–H and O–H groups in total. The van der Waals surface area contributed by atoms with Gasteiger partial charge in [0.25, 0.3) is 11.4 Å². The van der Waals surface area contributed by atoms with Crippen LogP contribution in [0.15, 0.2) is 88.4 Å². The second-order valence-electron chi connectivity index (χ2n) is 8.50. The van der Waals surface area contributed by atoms with Crippen LogP contribution in [-0.4, -0.2) is 37.0 Å². The minimum absolute atomic E-state index is 0.0352. The van der Waals surface area contributed by atoms with Gasteiger partial charge >= 0.3 is 0 Å². The van der Waals surface area contributed by atoms with E-state index in [4.69, 9.17) is 4.52 Å². The largest absolute Gasteiger partial charge is 0.336 e. The molecule has 0 atom stereocenters. The Bertz CT molecular complexity index is 1610. The van der Waals surface area contributed by atoms with Crippen LogP contribution in [0.2, 0.25) is 0 Å². The van der Waals surface area contributed by atoms with E-state index in [1.54, 1.807) is 18.5 Å². The molecule has 1 aliphatic heterocycles. The third kappa shape index (κ3) is 3.89. The van der Waals surface area contributed by atoms with Crippen molar-refractivity contribution in [1.29, 1.82) is 0 Å². The van der Waals surface area contributed by atoms with Crippen molar-refractivity contribution in [2.75, 3.05) is 6.54 Å². The summed E-state index contributed by atoms with van der Waals surface area (Å²) in [5, 5.41) is 4.81. The van der Waals surface area contributed by atoms with Crippen LogP contribution in [-0.2, 0) is 24.3 Å². The lowest BCUT2D eigenvalue weighted by Gasteiger charge is -2.29. The molecule has 6 rings (SSSR count). The van der Waals surface area contributed by atoms with Gasteiger partial charge in [-0.1, -0.05) is 47.6 Å². The van der Waals surface area contributed by atoms with Crippen LogP contribution in [0.25, 0.3) is 33.7 Å². The van der Waals surface area contributed by atoms with E-state index in [2.05, 4.69) is 27.3 Å². The second-order valence-corrected chi connectivity index (χ2v) is 8.50. The summed E-state index contributed by atoms with van der Waals surface area (Å²) in [4.78, 5) is 36.8. The summed E-state index contributed by atoms with van der Waals surface area (Å²) < 4.78 is 7.02. The van der Waals surface area contributed by atoms with Crippen molar-refractivity contribution in [3.63, 3.8) is 0 Å². The predicted molar refractivity (Wildman–Crippen MR) is 130 cm³/mol. The molecular weight excluding hydrogens is 442 g/mol. The first kappa shape index (κ1) is 21.0. The van der Waals surface area contributed by atoms with Crippen molar-refractivity contribution >= 4 is 16.8 Å². The Hall–Kier alpha value is -4.59. The van der Waals surface area contributed by atoms with Crippen LogP contribution in [0.3, 0.4) is 0 Å². The average molecular weight is 463 g/mol. The summed E-state index contributed by atoms with van der Waals surface area (Å²) >= 11 is 0. The predicted octanol–water partition coefficient (Wildman–Crippen LogP) is 3.70. The zero-order chi connectivity index (χ0) is 23.8. The van der Waals surface area contributed by atoms with E-state index in [9.17, 15) is 9.59 Å². The number of carbonyl (C=O) groups excluding carboxylic acids is 1. The molecule has 0 unspecified atom stereocenters. The zero-order valence-electron chi connectivity index (χ0n) is 18.8. The van der Waals surface area contributed by atoms with E-state index in [1.165, 1.54) is 16.2 Å². The lowest BCUT2D eigenvalue weighted by atomic mass is 10.00. The molecule has 35 heavy (non-hydrogen) atoms. The molecule has 0 aliphatic carbocycles. The third-order valence-corrected chi connectivity index (χ3v) is 6.37. The molecule has 0 radical (unpaired) electrons. The minimum atomic E-state index is -0.300. The Kier molecular flexibility index (Phi) is 5.18. The number of aromatic nitrogens is 4. The highest BCUT2D eigenvalue weighted by Gasteiger charge is 2.23. The van der Waals surface area contributed by atoms with Crippen LogP contribution < -0.4 is 5.56 Å². The minimum Gasteiger partial charge on any atom is -0.336 e. The Morgan fingerprint density at radius 2 is 1.83 bits per heavy atom. The molecule has 8 nitrogen and oxygen atoms in total. The van der Waals surface area contributed by atoms with Gasteiger partial charge in [0.2, 0.25) is 11.7 Å². The monoisotopic (exact) mass is 463 g/mol. The van der Waals surface area contributed by atoms with Crippen LogP contribution in [0.1, 0.15) is 11.1 Å². The number of hydrogen-bond donors (Lipinski definition) is 0. The number of para-hydroxylation sites is 1. The van der Waals surface area contributed by atoms with Crippen molar-refractivity contribution in [2.24, 2.45) is 0 Å². The number of carbonyl (C=O) groups is 1. The van der Waals surface area contributed by atoms with Gasteiger partial charge in [0.1, 0.15) is 6.54 Å². The van der Waals surface area contributed by atoms with Gasteiger partial charge in [-0.25, -0.2) is 0 Å². The van der Waals surface area contributed by atoms with Gasteiger partial charge in [0, 0.05) is 42.5 Å². The molecule has 0 saturated carbocycles. The van der Waals surface area contributed by atoms with E-state index < -0.39 is 0 Å². The number of benzene rings is 2. The Labute approximate surface area is 200 Å². The number of fused-ring (bicyclic) bond motifs is 2. The molecular formula is C27H21N5O3. The molecule has 5 aromatic rings.